The number of H-pyrrole nitrogens is 1. The van der Waals surface area contributed by atoms with Gasteiger partial charge in [-0.3, -0.25) is 0 Å². The molecule has 1 saturated carbocycles. The van der Waals surface area contributed by atoms with Crippen molar-refractivity contribution in [1.82, 2.24) is 19.9 Å². The molecule has 0 bridgehead atoms. The van der Waals surface area contributed by atoms with E-state index in [0.717, 1.165) is 18.0 Å². The zero-order valence-electron chi connectivity index (χ0n) is 13.7. The summed E-state index contributed by atoms with van der Waals surface area (Å²) in [6, 6.07) is 1.26. The molecular formula is C17H17ClFN5O2. The molecule has 3 heterocycles. The minimum Gasteiger partial charge on any atom is -0.390 e. The van der Waals surface area contributed by atoms with Crippen LogP contribution in [-0.4, -0.2) is 48.4 Å². The number of anilines is 1. The number of pyridine rings is 1. The molecule has 1 aliphatic rings. The third-order valence-corrected chi connectivity index (χ3v) is 4.83. The van der Waals surface area contributed by atoms with Crippen LogP contribution in [0.15, 0.2) is 24.7 Å². The lowest BCUT2D eigenvalue weighted by Gasteiger charge is -2.32. The first-order chi connectivity index (χ1) is 12.5. The predicted molar refractivity (Wildman–Crippen MR) is 95.4 cm³/mol. The van der Waals surface area contributed by atoms with E-state index < -0.39 is 24.1 Å². The summed E-state index contributed by atoms with van der Waals surface area (Å²) < 4.78 is 14.2. The molecule has 3 aromatic heterocycles. The fourth-order valence-electron chi connectivity index (χ4n) is 3.25. The maximum absolute atomic E-state index is 14.2. The van der Waals surface area contributed by atoms with Crippen LogP contribution in [0.3, 0.4) is 0 Å². The molecule has 7 nitrogen and oxygen atoms in total. The number of hydrogen-bond acceptors (Lipinski definition) is 6. The van der Waals surface area contributed by atoms with Gasteiger partial charge in [-0.1, -0.05) is 11.6 Å². The van der Waals surface area contributed by atoms with Crippen molar-refractivity contribution in [3.05, 3.63) is 35.5 Å². The zero-order chi connectivity index (χ0) is 18.3. The minimum absolute atomic E-state index is 0.0162. The van der Waals surface area contributed by atoms with Gasteiger partial charge in [-0.2, -0.15) is 0 Å². The highest BCUT2D eigenvalue weighted by molar-refractivity contribution is 6.31. The van der Waals surface area contributed by atoms with E-state index in [1.54, 1.807) is 12.3 Å². The van der Waals surface area contributed by atoms with Crippen molar-refractivity contribution < 1.29 is 14.6 Å². The van der Waals surface area contributed by atoms with E-state index in [9.17, 15) is 14.6 Å². The lowest BCUT2D eigenvalue weighted by Crippen LogP contribution is -2.45. The van der Waals surface area contributed by atoms with Gasteiger partial charge >= 0.3 is 0 Å². The second kappa shape index (κ2) is 6.79. The van der Waals surface area contributed by atoms with Crippen molar-refractivity contribution in [2.24, 2.45) is 0 Å². The highest BCUT2D eigenvalue weighted by atomic mass is 35.5. The van der Waals surface area contributed by atoms with E-state index in [4.69, 9.17) is 11.6 Å². The SMILES string of the molecule is O[C@H]1[C@H](O)CCC[C@H]1Nc1nc(-c2c[nH]c3ncc(Cl)cc23)ncc1F. The molecule has 9 heteroatoms. The Morgan fingerprint density at radius 1 is 1.23 bits per heavy atom. The summed E-state index contributed by atoms with van der Waals surface area (Å²) in [6.45, 7) is 0. The number of rotatable bonds is 3. The smallest absolute Gasteiger partial charge is 0.183 e. The van der Waals surface area contributed by atoms with Crippen molar-refractivity contribution in [1.29, 1.82) is 0 Å². The van der Waals surface area contributed by atoms with E-state index in [0.29, 0.717) is 34.9 Å². The molecule has 0 radical (unpaired) electrons. The molecule has 1 aliphatic carbocycles. The molecule has 26 heavy (non-hydrogen) atoms. The van der Waals surface area contributed by atoms with Crippen LogP contribution in [0.25, 0.3) is 22.4 Å². The van der Waals surface area contributed by atoms with Crippen molar-refractivity contribution >= 4 is 28.5 Å². The molecule has 0 unspecified atom stereocenters. The highest BCUT2D eigenvalue weighted by Crippen LogP contribution is 2.29. The second-order valence-corrected chi connectivity index (χ2v) is 6.82. The molecule has 1 fully saturated rings. The second-order valence-electron chi connectivity index (χ2n) is 6.38. The summed E-state index contributed by atoms with van der Waals surface area (Å²) in [5, 5.41) is 24.0. The summed E-state index contributed by atoms with van der Waals surface area (Å²) >= 11 is 6.01. The van der Waals surface area contributed by atoms with Gasteiger partial charge < -0.3 is 20.5 Å². The Hall–Kier alpha value is -2.29. The average molecular weight is 378 g/mol. The molecular weight excluding hydrogens is 361 g/mol. The van der Waals surface area contributed by atoms with Gasteiger partial charge in [0.15, 0.2) is 17.5 Å². The van der Waals surface area contributed by atoms with Crippen LogP contribution in [-0.2, 0) is 0 Å². The lowest BCUT2D eigenvalue weighted by molar-refractivity contribution is -0.0162. The topological polar surface area (TPSA) is 107 Å². The van der Waals surface area contributed by atoms with E-state index >= 15 is 0 Å². The summed E-state index contributed by atoms with van der Waals surface area (Å²) in [4.78, 5) is 15.5. The van der Waals surface area contributed by atoms with Gasteiger partial charge in [-0.25, -0.2) is 19.3 Å². The number of halogens is 2. The van der Waals surface area contributed by atoms with Crippen molar-refractivity contribution in [3.8, 4) is 11.4 Å². The quantitative estimate of drug-likeness (QED) is 0.558. The molecule has 4 rings (SSSR count). The van der Waals surface area contributed by atoms with Crippen molar-refractivity contribution in [2.75, 3.05) is 5.32 Å². The van der Waals surface area contributed by atoms with Gasteiger partial charge in [0.25, 0.3) is 0 Å². The van der Waals surface area contributed by atoms with E-state index in [1.807, 2.05) is 0 Å². The Bertz CT molecular complexity index is 950. The average Bonchev–Trinajstić information content (AvgIpc) is 3.04. The fourth-order valence-corrected chi connectivity index (χ4v) is 3.41. The predicted octanol–water partition coefficient (Wildman–Crippen LogP) is 2.50. The van der Waals surface area contributed by atoms with Crippen LogP contribution >= 0.6 is 11.6 Å². The van der Waals surface area contributed by atoms with Gasteiger partial charge in [0.1, 0.15) is 5.65 Å². The molecule has 0 spiro atoms. The molecule has 0 aromatic carbocycles. The highest BCUT2D eigenvalue weighted by Gasteiger charge is 2.31. The number of aliphatic hydroxyl groups is 2. The lowest BCUT2D eigenvalue weighted by atomic mass is 9.90. The number of aliphatic hydroxyl groups excluding tert-OH is 2. The van der Waals surface area contributed by atoms with E-state index in [1.165, 1.54) is 6.20 Å². The van der Waals surface area contributed by atoms with Crippen molar-refractivity contribution in [2.45, 2.75) is 37.5 Å². The van der Waals surface area contributed by atoms with Crippen molar-refractivity contribution in [3.63, 3.8) is 0 Å². The summed E-state index contributed by atoms with van der Waals surface area (Å²) in [5.74, 6) is -0.343. The molecule has 3 atom stereocenters. The zero-order valence-corrected chi connectivity index (χ0v) is 14.4. The molecule has 0 saturated heterocycles. The Morgan fingerprint density at radius 3 is 2.92 bits per heavy atom. The maximum Gasteiger partial charge on any atom is 0.183 e. The monoisotopic (exact) mass is 377 g/mol. The first kappa shape index (κ1) is 17.1. The van der Waals surface area contributed by atoms with Crippen LogP contribution in [0.1, 0.15) is 19.3 Å². The summed E-state index contributed by atoms with van der Waals surface area (Å²) in [5.41, 5.74) is 1.26. The van der Waals surface area contributed by atoms with Crippen LogP contribution in [0, 0.1) is 5.82 Å². The van der Waals surface area contributed by atoms with Crippen LogP contribution < -0.4 is 5.32 Å². The molecule has 3 aromatic rings. The molecule has 0 aliphatic heterocycles. The number of aromatic amines is 1. The number of nitrogens with one attached hydrogen (secondary N) is 2. The molecule has 4 N–H and O–H groups in total. The largest absolute Gasteiger partial charge is 0.390 e. The minimum atomic E-state index is -0.974. The Morgan fingerprint density at radius 2 is 2.08 bits per heavy atom. The van der Waals surface area contributed by atoms with E-state index in [-0.39, 0.29) is 5.82 Å². The van der Waals surface area contributed by atoms with Crippen LogP contribution in [0.4, 0.5) is 10.2 Å². The summed E-state index contributed by atoms with van der Waals surface area (Å²) in [6.07, 6.45) is 4.37. The van der Waals surface area contributed by atoms with Gasteiger partial charge in [0.2, 0.25) is 0 Å². The standard InChI is InChI=1S/C17H17ClFN5O2/c18-8-4-9-10(6-21-15(9)20-5-8)16-22-7-11(19)17(24-16)23-12-2-1-3-13(25)14(12)26/h4-7,12-14,25-26H,1-3H2,(H,20,21)(H,22,23,24)/t12-,13-,14-/m1/s1. The van der Waals surface area contributed by atoms with Gasteiger partial charge in [0, 0.05) is 23.3 Å². The Kier molecular flexibility index (Phi) is 4.47. The third-order valence-electron chi connectivity index (χ3n) is 4.63. The first-order valence-electron chi connectivity index (χ1n) is 8.31. The fraction of sp³-hybridized carbons (Fsp3) is 0.353. The Labute approximate surface area is 153 Å². The number of hydrogen-bond donors (Lipinski definition) is 4. The van der Waals surface area contributed by atoms with Crippen LogP contribution in [0.5, 0.6) is 0 Å². The molecule has 0 amide bonds. The number of fused-ring (bicyclic) bond motifs is 1. The van der Waals surface area contributed by atoms with Crippen LogP contribution in [0.2, 0.25) is 5.02 Å². The first-order valence-corrected chi connectivity index (χ1v) is 8.69. The van der Waals surface area contributed by atoms with E-state index in [2.05, 4.69) is 25.3 Å². The third kappa shape index (κ3) is 3.11. The summed E-state index contributed by atoms with van der Waals surface area (Å²) in [7, 11) is 0. The normalized spacial score (nSPS) is 23.3. The molecule has 136 valence electrons. The number of aromatic nitrogens is 4. The van der Waals surface area contributed by atoms with Gasteiger partial charge in [0.05, 0.1) is 29.5 Å². The van der Waals surface area contributed by atoms with Gasteiger partial charge in [-0.05, 0) is 25.3 Å². The Balaban J connectivity index is 1.68. The number of nitrogens with zero attached hydrogens (tertiary/aromatic N) is 3. The van der Waals surface area contributed by atoms with Gasteiger partial charge in [-0.15, -0.1) is 0 Å². The maximum atomic E-state index is 14.2.